The van der Waals surface area contributed by atoms with Gasteiger partial charge in [-0.3, -0.25) is 0 Å². The van der Waals surface area contributed by atoms with Crippen LogP contribution in [-0.4, -0.2) is 17.7 Å². The molecule has 0 unspecified atom stereocenters. The van der Waals surface area contributed by atoms with Crippen LogP contribution >= 0.6 is 0 Å². The van der Waals surface area contributed by atoms with E-state index in [0.717, 1.165) is 26.1 Å². The quantitative estimate of drug-likeness (QED) is 0.736. The van der Waals surface area contributed by atoms with Gasteiger partial charge in [-0.2, -0.15) is 0 Å². The first-order valence-electron chi connectivity index (χ1n) is 7.14. The molecule has 18 heavy (non-hydrogen) atoms. The zero-order valence-electron chi connectivity index (χ0n) is 11.6. The van der Waals surface area contributed by atoms with Gasteiger partial charge in [0.2, 0.25) is 0 Å². The number of unbranched alkanes of at least 4 members (excludes halogenated alkanes) is 1. The van der Waals surface area contributed by atoms with Crippen LogP contribution in [-0.2, 0) is 13.0 Å². The lowest BCUT2D eigenvalue weighted by atomic mass is 10.1. The van der Waals surface area contributed by atoms with Gasteiger partial charge in [-0.05, 0) is 49.4 Å². The molecule has 0 aliphatic carbocycles. The molecule has 0 atom stereocenters. The lowest BCUT2D eigenvalue weighted by Crippen LogP contribution is -2.14. The van der Waals surface area contributed by atoms with Crippen molar-refractivity contribution in [3.8, 4) is 0 Å². The van der Waals surface area contributed by atoms with E-state index in [1.807, 2.05) is 0 Å². The number of rotatable bonds is 7. The van der Waals surface area contributed by atoms with E-state index in [1.165, 1.54) is 29.3 Å². The maximum absolute atomic E-state index is 3.38. The predicted molar refractivity (Wildman–Crippen MR) is 79.1 cm³/mol. The van der Waals surface area contributed by atoms with Crippen molar-refractivity contribution in [3.05, 3.63) is 36.0 Å². The maximum atomic E-state index is 3.38. The van der Waals surface area contributed by atoms with Crippen LogP contribution in [0.5, 0.6) is 0 Å². The number of fused-ring (bicyclic) bond motifs is 1. The number of aromatic nitrogens is 1. The highest BCUT2D eigenvalue weighted by atomic mass is 15.0. The van der Waals surface area contributed by atoms with Crippen LogP contribution in [0.1, 0.15) is 32.3 Å². The van der Waals surface area contributed by atoms with Crippen molar-refractivity contribution in [3.63, 3.8) is 0 Å². The van der Waals surface area contributed by atoms with Crippen molar-refractivity contribution >= 4 is 10.9 Å². The summed E-state index contributed by atoms with van der Waals surface area (Å²) < 4.78 is 2.42. The first kappa shape index (κ1) is 13.2. The third kappa shape index (κ3) is 2.94. The summed E-state index contributed by atoms with van der Waals surface area (Å²) in [7, 11) is 0. The maximum Gasteiger partial charge on any atom is 0.0512 e. The Labute approximate surface area is 110 Å². The Morgan fingerprint density at radius 1 is 1.11 bits per heavy atom. The van der Waals surface area contributed by atoms with Crippen LogP contribution in [0, 0.1) is 0 Å². The number of hydrogen-bond acceptors (Lipinski definition) is 1. The van der Waals surface area contributed by atoms with Crippen LogP contribution < -0.4 is 5.32 Å². The largest absolute Gasteiger partial charge is 0.347 e. The van der Waals surface area contributed by atoms with Crippen LogP contribution in [0.3, 0.4) is 0 Å². The molecule has 1 heterocycles. The first-order chi connectivity index (χ1) is 8.86. The summed E-state index contributed by atoms with van der Waals surface area (Å²) in [6.45, 7) is 7.74. The summed E-state index contributed by atoms with van der Waals surface area (Å²) in [5.41, 5.74) is 2.90. The summed E-state index contributed by atoms with van der Waals surface area (Å²) in [6, 6.07) is 8.86. The van der Waals surface area contributed by atoms with Crippen LogP contribution in [0.25, 0.3) is 10.9 Å². The van der Waals surface area contributed by atoms with Gasteiger partial charge in [0.05, 0.1) is 5.52 Å². The van der Waals surface area contributed by atoms with Crippen LogP contribution in [0.15, 0.2) is 30.5 Å². The first-order valence-corrected chi connectivity index (χ1v) is 7.14. The molecule has 0 saturated carbocycles. The van der Waals surface area contributed by atoms with Crippen molar-refractivity contribution in [2.45, 2.75) is 39.7 Å². The van der Waals surface area contributed by atoms with E-state index < -0.39 is 0 Å². The molecular weight excluding hydrogens is 220 g/mol. The Bertz CT molecular complexity index is 485. The van der Waals surface area contributed by atoms with Crippen LogP contribution in [0.2, 0.25) is 0 Å². The minimum absolute atomic E-state index is 1.08. The molecule has 0 bridgehead atoms. The summed E-state index contributed by atoms with van der Waals surface area (Å²) >= 11 is 0. The SMILES string of the molecule is CCNCCCCn1ccc2cccc(CC)c21. The Morgan fingerprint density at radius 2 is 2.00 bits per heavy atom. The highest BCUT2D eigenvalue weighted by molar-refractivity contribution is 5.83. The molecule has 0 amide bonds. The van der Waals surface area contributed by atoms with Gasteiger partial charge in [-0.25, -0.2) is 0 Å². The van der Waals surface area contributed by atoms with Crippen molar-refractivity contribution in [1.82, 2.24) is 9.88 Å². The lowest BCUT2D eigenvalue weighted by Gasteiger charge is -2.09. The monoisotopic (exact) mass is 244 g/mol. The minimum atomic E-state index is 1.08. The van der Waals surface area contributed by atoms with Gasteiger partial charge in [0, 0.05) is 12.7 Å². The normalized spacial score (nSPS) is 11.2. The van der Waals surface area contributed by atoms with Crippen molar-refractivity contribution < 1.29 is 0 Å². The fourth-order valence-corrected chi connectivity index (χ4v) is 2.52. The van der Waals surface area contributed by atoms with Crippen molar-refractivity contribution in [2.75, 3.05) is 13.1 Å². The minimum Gasteiger partial charge on any atom is -0.347 e. The summed E-state index contributed by atoms with van der Waals surface area (Å²) in [5.74, 6) is 0. The van der Waals surface area contributed by atoms with Gasteiger partial charge in [0.15, 0.2) is 0 Å². The second-order valence-corrected chi connectivity index (χ2v) is 4.78. The van der Waals surface area contributed by atoms with Gasteiger partial charge < -0.3 is 9.88 Å². The van der Waals surface area contributed by atoms with Crippen molar-refractivity contribution in [1.29, 1.82) is 0 Å². The Kier molecular flexibility index (Phi) is 4.82. The molecular formula is C16H24N2. The molecule has 0 aliphatic rings. The van der Waals surface area contributed by atoms with Crippen molar-refractivity contribution in [2.24, 2.45) is 0 Å². The van der Waals surface area contributed by atoms with Crippen LogP contribution in [0.4, 0.5) is 0 Å². The number of aryl methyl sites for hydroxylation is 2. The highest BCUT2D eigenvalue weighted by Crippen LogP contribution is 2.21. The fourth-order valence-electron chi connectivity index (χ4n) is 2.52. The molecule has 1 aromatic heterocycles. The second kappa shape index (κ2) is 6.60. The predicted octanol–water partition coefficient (Wildman–Crippen LogP) is 3.59. The summed E-state index contributed by atoms with van der Waals surface area (Å²) in [6.07, 6.45) is 5.84. The van der Waals surface area contributed by atoms with Gasteiger partial charge >= 0.3 is 0 Å². The lowest BCUT2D eigenvalue weighted by molar-refractivity contribution is 0.585. The highest BCUT2D eigenvalue weighted by Gasteiger charge is 2.04. The molecule has 0 fully saturated rings. The number of nitrogens with one attached hydrogen (secondary N) is 1. The third-order valence-electron chi connectivity index (χ3n) is 3.51. The number of nitrogens with zero attached hydrogens (tertiary/aromatic N) is 1. The zero-order chi connectivity index (χ0) is 12.8. The molecule has 1 aromatic carbocycles. The fraction of sp³-hybridized carbons (Fsp3) is 0.500. The zero-order valence-corrected chi connectivity index (χ0v) is 11.6. The van der Waals surface area contributed by atoms with E-state index in [-0.39, 0.29) is 0 Å². The Hall–Kier alpha value is -1.28. The third-order valence-corrected chi connectivity index (χ3v) is 3.51. The van der Waals surface area contributed by atoms with Gasteiger partial charge in [0.1, 0.15) is 0 Å². The molecule has 2 nitrogen and oxygen atoms in total. The topological polar surface area (TPSA) is 17.0 Å². The Morgan fingerprint density at radius 3 is 2.78 bits per heavy atom. The molecule has 98 valence electrons. The van der Waals surface area contributed by atoms with E-state index in [4.69, 9.17) is 0 Å². The number of hydrogen-bond donors (Lipinski definition) is 1. The Balaban J connectivity index is 2.04. The van der Waals surface area contributed by atoms with Gasteiger partial charge in [-0.15, -0.1) is 0 Å². The van der Waals surface area contributed by atoms with E-state index in [9.17, 15) is 0 Å². The van der Waals surface area contributed by atoms with Gasteiger partial charge in [-0.1, -0.05) is 32.0 Å². The average molecular weight is 244 g/mol. The van der Waals surface area contributed by atoms with E-state index in [1.54, 1.807) is 0 Å². The van der Waals surface area contributed by atoms with E-state index in [2.05, 4.69) is 54.2 Å². The molecule has 0 radical (unpaired) electrons. The van der Waals surface area contributed by atoms with Gasteiger partial charge in [0.25, 0.3) is 0 Å². The standard InChI is InChI=1S/C16H24N2/c1-3-14-8-7-9-15-10-13-18(16(14)15)12-6-5-11-17-4-2/h7-10,13,17H,3-6,11-12H2,1-2H3. The molecule has 1 N–H and O–H groups in total. The summed E-state index contributed by atoms with van der Waals surface area (Å²) in [5, 5.41) is 4.75. The van der Waals surface area contributed by atoms with E-state index >= 15 is 0 Å². The molecule has 2 rings (SSSR count). The molecule has 0 spiro atoms. The summed E-state index contributed by atoms with van der Waals surface area (Å²) in [4.78, 5) is 0. The molecule has 0 aliphatic heterocycles. The molecule has 2 aromatic rings. The average Bonchev–Trinajstić information content (AvgIpc) is 2.82. The van der Waals surface area contributed by atoms with E-state index in [0.29, 0.717) is 0 Å². The second-order valence-electron chi connectivity index (χ2n) is 4.78. The smallest absolute Gasteiger partial charge is 0.0512 e. The number of para-hydroxylation sites is 1. The number of benzene rings is 1. The molecule has 0 saturated heterocycles. The molecule has 2 heteroatoms.